The van der Waals surface area contributed by atoms with Crippen LogP contribution in [0, 0.1) is 11.8 Å². The second kappa shape index (κ2) is 4.36. The Balaban J connectivity index is 2.82. The zero-order valence-electron chi connectivity index (χ0n) is 8.91. The molecule has 0 aromatic rings. The highest BCUT2D eigenvalue weighted by atomic mass is 16.1. The molecule has 0 heterocycles. The molecule has 2 atom stereocenters. The molecule has 0 saturated heterocycles. The lowest BCUT2D eigenvalue weighted by atomic mass is 9.79. The van der Waals surface area contributed by atoms with Crippen LogP contribution in [0.15, 0.2) is 23.8 Å². The summed E-state index contributed by atoms with van der Waals surface area (Å²) in [5, 5.41) is 0. The molecule has 0 aliphatic heterocycles. The number of carbonyl (C=O) groups excluding carboxylic acids is 2. The van der Waals surface area contributed by atoms with Gasteiger partial charge in [0, 0.05) is 12.3 Å². The summed E-state index contributed by atoms with van der Waals surface area (Å²) in [6, 6.07) is 0. The molecule has 1 aliphatic rings. The molecule has 14 heavy (non-hydrogen) atoms. The monoisotopic (exact) mass is 192 g/mol. The topological polar surface area (TPSA) is 34.1 Å². The molecule has 0 bridgehead atoms. The molecular formula is C12H16O2. The van der Waals surface area contributed by atoms with Gasteiger partial charge in [0.15, 0.2) is 11.6 Å². The predicted molar refractivity (Wildman–Crippen MR) is 55.9 cm³/mol. The molecule has 0 spiro atoms. The van der Waals surface area contributed by atoms with E-state index < -0.39 is 0 Å². The van der Waals surface area contributed by atoms with Gasteiger partial charge in [0.05, 0.1) is 0 Å². The van der Waals surface area contributed by atoms with Crippen LogP contribution in [0.2, 0.25) is 0 Å². The molecule has 0 radical (unpaired) electrons. The zero-order chi connectivity index (χ0) is 10.7. The van der Waals surface area contributed by atoms with E-state index in [-0.39, 0.29) is 17.5 Å². The Morgan fingerprint density at radius 2 is 2.21 bits per heavy atom. The van der Waals surface area contributed by atoms with E-state index in [0.717, 1.165) is 5.57 Å². The molecule has 0 aromatic heterocycles. The number of rotatable bonds is 2. The average Bonchev–Trinajstić information content (AvgIpc) is 2.01. The maximum atomic E-state index is 11.2. The van der Waals surface area contributed by atoms with E-state index in [1.807, 2.05) is 19.9 Å². The normalized spacial score (nSPS) is 27.9. The van der Waals surface area contributed by atoms with Crippen LogP contribution in [0.1, 0.15) is 27.2 Å². The number of hydrogen-bond acceptors (Lipinski definition) is 2. The molecular weight excluding hydrogens is 176 g/mol. The number of carbonyl (C=O) groups is 2. The number of hydrogen-bond donors (Lipinski definition) is 0. The molecule has 0 aromatic carbocycles. The highest BCUT2D eigenvalue weighted by Crippen LogP contribution is 2.29. The summed E-state index contributed by atoms with van der Waals surface area (Å²) in [5.74, 6) is 0.809. The van der Waals surface area contributed by atoms with Gasteiger partial charge >= 0.3 is 0 Å². The van der Waals surface area contributed by atoms with E-state index in [1.54, 1.807) is 12.2 Å². The Bertz CT molecular complexity index is 310. The van der Waals surface area contributed by atoms with E-state index in [0.29, 0.717) is 12.3 Å². The van der Waals surface area contributed by atoms with Crippen LogP contribution >= 0.6 is 0 Å². The average molecular weight is 192 g/mol. The first-order valence-corrected chi connectivity index (χ1v) is 4.90. The van der Waals surface area contributed by atoms with Gasteiger partial charge < -0.3 is 0 Å². The Hall–Kier alpha value is -1.18. The van der Waals surface area contributed by atoms with Crippen LogP contribution in [0.4, 0.5) is 0 Å². The summed E-state index contributed by atoms with van der Waals surface area (Å²) >= 11 is 0. The van der Waals surface area contributed by atoms with Crippen LogP contribution in [-0.4, -0.2) is 11.6 Å². The summed E-state index contributed by atoms with van der Waals surface area (Å²) in [6.07, 6.45) is 5.78. The Labute approximate surface area is 84.7 Å². The van der Waals surface area contributed by atoms with Crippen molar-refractivity contribution in [1.82, 2.24) is 0 Å². The summed E-state index contributed by atoms with van der Waals surface area (Å²) in [4.78, 5) is 22.0. The molecule has 0 fully saturated rings. The highest BCUT2D eigenvalue weighted by molar-refractivity contribution is 5.92. The van der Waals surface area contributed by atoms with Gasteiger partial charge in [0.2, 0.25) is 0 Å². The molecule has 76 valence electrons. The van der Waals surface area contributed by atoms with Crippen molar-refractivity contribution in [2.45, 2.75) is 27.2 Å². The van der Waals surface area contributed by atoms with Gasteiger partial charge in [-0.25, -0.2) is 0 Å². The van der Waals surface area contributed by atoms with Crippen LogP contribution in [0.5, 0.6) is 0 Å². The third kappa shape index (κ3) is 2.66. The first kappa shape index (κ1) is 10.9. The van der Waals surface area contributed by atoms with Crippen molar-refractivity contribution in [3.8, 4) is 0 Å². The summed E-state index contributed by atoms with van der Waals surface area (Å²) in [6.45, 7) is 5.53. The molecule has 0 amide bonds. The highest BCUT2D eigenvalue weighted by Gasteiger charge is 2.23. The number of ketones is 2. The fraction of sp³-hybridized carbons (Fsp3) is 0.500. The standard InChI is InChI=1S/C12H16O2/c1-8-6-11(14)7-9(2)12(8)5-4-10(3)13/h4-6,9,12H,7H2,1-3H3/b5-4+. The zero-order valence-corrected chi connectivity index (χ0v) is 8.91. The SMILES string of the molecule is CC(=O)/C=C/C1C(C)=CC(=O)CC1C. The largest absolute Gasteiger partial charge is 0.295 e. The van der Waals surface area contributed by atoms with Crippen LogP contribution in [0.25, 0.3) is 0 Å². The van der Waals surface area contributed by atoms with Gasteiger partial charge in [0.25, 0.3) is 0 Å². The lowest BCUT2D eigenvalue weighted by Gasteiger charge is -2.24. The van der Waals surface area contributed by atoms with Crippen molar-refractivity contribution >= 4 is 11.6 Å². The second-order valence-electron chi connectivity index (χ2n) is 4.03. The first-order valence-electron chi connectivity index (χ1n) is 4.90. The Morgan fingerprint density at radius 3 is 2.71 bits per heavy atom. The van der Waals surface area contributed by atoms with E-state index in [1.165, 1.54) is 6.92 Å². The summed E-state index contributed by atoms with van der Waals surface area (Å²) < 4.78 is 0. The van der Waals surface area contributed by atoms with Gasteiger partial charge in [-0.3, -0.25) is 9.59 Å². The summed E-state index contributed by atoms with van der Waals surface area (Å²) in [7, 11) is 0. The van der Waals surface area contributed by atoms with Crippen LogP contribution < -0.4 is 0 Å². The van der Waals surface area contributed by atoms with Crippen molar-refractivity contribution in [3.05, 3.63) is 23.8 Å². The molecule has 1 rings (SSSR count). The van der Waals surface area contributed by atoms with E-state index in [2.05, 4.69) is 0 Å². The Kier molecular flexibility index (Phi) is 3.39. The van der Waals surface area contributed by atoms with E-state index >= 15 is 0 Å². The van der Waals surface area contributed by atoms with Crippen LogP contribution in [-0.2, 0) is 9.59 Å². The van der Waals surface area contributed by atoms with Crippen molar-refractivity contribution in [3.63, 3.8) is 0 Å². The van der Waals surface area contributed by atoms with Crippen LogP contribution in [0.3, 0.4) is 0 Å². The van der Waals surface area contributed by atoms with Gasteiger partial charge in [-0.05, 0) is 31.9 Å². The quantitative estimate of drug-likeness (QED) is 0.629. The minimum absolute atomic E-state index is 0.0573. The molecule has 2 nitrogen and oxygen atoms in total. The van der Waals surface area contributed by atoms with Crippen molar-refractivity contribution < 1.29 is 9.59 Å². The first-order chi connectivity index (χ1) is 6.50. The van der Waals surface area contributed by atoms with Gasteiger partial charge in [-0.1, -0.05) is 18.6 Å². The lowest BCUT2D eigenvalue weighted by Crippen LogP contribution is -2.20. The lowest BCUT2D eigenvalue weighted by molar-refractivity contribution is -0.116. The predicted octanol–water partition coefficient (Wildman–Crippen LogP) is 2.30. The smallest absolute Gasteiger partial charge is 0.155 e. The summed E-state index contributed by atoms with van der Waals surface area (Å²) in [5.41, 5.74) is 1.06. The molecule has 2 unspecified atom stereocenters. The molecule has 2 heteroatoms. The fourth-order valence-electron chi connectivity index (χ4n) is 1.88. The molecule has 0 saturated carbocycles. The van der Waals surface area contributed by atoms with E-state index in [9.17, 15) is 9.59 Å². The third-order valence-corrected chi connectivity index (χ3v) is 2.59. The van der Waals surface area contributed by atoms with Gasteiger partial charge in [-0.2, -0.15) is 0 Å². The maximum absolute atomic E-state index is 11.2. The minimum atomic E-state index is 0.0573. The van der Waals surface area contributed by atoms with Crippen molar-refractivity contribution in [1.29, 1.82) is 0 Å². The molecule has 1 aliphatic carbocycles. The third-order valence-electron chi connectivity index (χ3n) is 2.59. The molecule has 0 N–H and O–H groups in total. The minimum Gasteiger partial charge on any atom is -0.295 e. The van der Waals surface area contributed by atoms with E-state index in [4.69, 9.17) is 0 Å². The second-order valence-corrected chi connectivity index (χ2v) is 4.03. The van der Waals surface area contributed by atoms with Crippen molar-refractivity contribution in [2.75, 3.05) is 0 Å². The number of allylic oxidation sites excluding steroid dienone is 4. The Morgan fingerprint density at radius 1 is 1.57 bits per heavy atom. The van der Waals surface area contributed by atoms with Gasteiger partial charge in [-0.15, -0.1) is 0 Å². The van der Waals surface area contributed by atoms with Crippen molar-refractivity contribution in [2.24, 2.45) is 11.8 Å². The van der Waals surface area contributed by atoms with Gasteiger partial charge in [0.1, 0.15) is 0 Å². The maximum Gasteiger partial charge on any atom is 0.155 e. The fourth-order valence-corrected chi connectivity index (χ4v) is 1.88.